The van der Waals surface area contributed by atoms with Crippen LogP contribution in [0.5, 0.6) is 0 Å². The molecule has 0 N–H and O–H groups in total. The molecule has 8 heteroatoms. The predicted octanol–water partition coefficient (Wildman–Crippen LogP) is 3.27. The monoisotopic (exact) mass is 484 g/mol. The van der Waals surface area contributed by atoms with Crippen LogP contribution in [0.4, 0.5) is 0 Å². The lowest BCUT2D eigenvalue weighted by atomic mass is 11.0. The molecule has 62 valence electrons. The highest BCUT2D eigenvalue weighted by atomic mass is 79.9. The van der Waals surface area contributed by atoms with E-state index < -0.39 is 14.6 Å². The molecule has 0 amide bonds. The molecule has 0 fully saturated rings. The zero-order chi connectivity index (χ0) is 8.58. The van der Waals surface area contributed by atoms with E-state index in [9.17, 15) is 8.42 Å². The maximum atomic E-state index is 10.9. The van der Waals surface area contributed by atoms with E-state index in [0.717, 1.165) is 0 Å². The Bertz CT molecular complexity index is 206. The molecule has 0 saturated heterocycles. The summed E-state index contributed by atoms with van der Waals surface area (Å²) in [4.78, 5) is 0. The lowest BCUT2D eigenvalue weighted by molar-refractivity contribution is 0.609. The van der Waals surface area contributed by atoms with Gasteiger partial charge in [0.15, 0.2) is 0 Å². The van der Waals surface area contributed by atoms with Gasteiger partial charge >= 0.3 is 0 Å². The van der Waals surface area contributed by atoms with Gasteiger partial charge in [0.25, 0.3) is 0 Å². The molecule has 2 nitrogen and oxygen atoms in total. The van der Waals surface area contributed by atoms with E-state index in [-0.39, 0.29) is 0 Å². The summed E-state index contributed by atoms with van der Waals surface area (Å²) in [5.74, 6) is 0. The molecule has 0 aromatic rings. The summed E-state index contributed by atoms with van der Waals surface area (Å²) < 4.78 is 20.1. The van der Waals surface area contributed by atoms with Gasteiger partial charge in [-0.25, -0.2) is 8.42 Å². The van der Waals surface area contributed by atoms with Crippen LogP contribution in [0.2, 0.25) is 0 Å². The van der Waals surface area contributed by atoms with E-state index in [1.807, 2.05) is 0 Å². The molecular weight excluding hydrogens is 488 g/mol. The summed E-state index contributed by atoms with van der Waals surface area (Å²) in [5.41, 5.74) is 0. The van der Waals surface area contributed by atoms with Crippen molar-refractivity contribution in [2.45, 2.75) is 6.30 Å². The van der Waals surface area contributed by atoms with Crippen molar-refractivity contribution < 1.29 is 8.42 Å². The highest BCUT2D eigenvalue weighted by Crippen LogP contribution is 2.45. The van der Waals surface area contributed by atoms with Gasteiger partial charge in [0.05, 0.1) is 14.8 Å². The molecule has 0 unspecified atom stereocenters. The van der Waals surface area contributed by atoms with Crippen molar-refractivity contribution in [3.8, 4) is 0 Å². The summed E-state index contributed by atoms with van der Waals surface area (Å²) >= 11 is 14.5. The van der Waals surface area contributed by atoms with Crippen LogP contribution in [0.1, 0.15) is 0 Å². The van der Waals surface area contributed by atoms with Crippen molar-refractivity contribution >= 4 is 86.8 Å². The topological polar surface area (TPSA) is 34.1 Å². The molecule has 0 aliphatic rings. The molecule has 0 aliphatic carbocycles. The molecule has 0 heterocycles. The Kier molecular flexibility index (Phi) is 4.99. The van der Waals surface area contributed by atoms with Crippen LogP contribution in [0.25, 0.3) is 0 Å². The summed E-state index contributed by atoms with van der Waals surface area (Å²) in [7, 11) is -3.35. The van der Waals surface area contributed by atoms with Gasteiger partial charge in [0.2, 0.25) is 10.8 Å². The second-order valence-electron chi connectivity index (χ2n) is 1.30. The van der Waals surface area contributed by atoms with E-state index in [1.165, 1.54) is 0 Å². The predicted molar refractivity (Wildman–Crippen MR) is 60.1 cm³/mol. The molecule has 0 saturated carbocycles. The van der Waals surface area contributed by atoms with Gasteiger partial charge in [-0.3, -0.25) is 0 Å². The van der Waals surface area contributed by atoms with Gasteiger partial charge in [-0.1, -0.05) is 63.7 Å². The minimum Gasteiger partial charge on any atom is -0.215 e. The molecule has 0 aliphatic heterocycles. The largest absolute Gasteiger partial charge is 0.236 e. The Balaban J connectivity index is 4.76. The Morgan fingerprint density at radius 3 is 1.50 bits per heavy atom. The first kappa shape index (κ1) is 12.3. The molecule has 0 aromatic carbocycles. The van der Waals surface area contributed by atoms with E-state index >= 15 is 0 Å². The summed E-state index contributed by atoms with van der Waals surface area (Å²) in [6.07, 6.45) is 0. The molecule has 0 aromatic heterocycles. The van der Waals surface area contributed by atoms with E-state index in [2.05, 4.69) is 78.5 Å². The van der Waals surface area contributed by atoms with E-state index in [0.29, 0.717) is 0 Å². The third kappa shape index (κ3) is 3.01. The number of hydrogen-bond acceptors (Lipinski definition) is 2. The average Bonchev–Trinajstić information content (AvgIpc) is 1.62. The minimum atomic E-state index is -3.35. The van der Waals surface area contributed by atoms with Gasteiger partial charge < -0.3 is 0 Å². The van der Waals surface area contributed by atoms with Crippen molar-refractivity contribution in [3.63, 3.8) is 0 Å². The standard InChI is InChI=1S/C2HBr5O2S/c3-1(4)2(5,6)10(7,8)9/h1H. The first-order valence-electron chi connectivity index (χ1n) is 1.79. The van der Waals surface area contributed by atoms with Crippen molar-refractivity contribution in [2.24, 2.45) is 0 Å². The van der Waals surface area contributed by atoms with Gasteiger partial charge in [-0.15, -0.1) is 0 Å². The van der Waals surface area contributed by atoms with Crippen LogP contribution in [-0.2, 0) is 8.27 Å². The lowest BCUT2D eigenvalue weighted by Gasteiger charge is -2.17. The van der Waals surface area contributed by atoms with Gasteiger partial charge in [-0.2, -0.15) is 0 Å². The van der Waals surface area contributed by atoms with Crippen LogP contribution in [0, 0.1) is 0 Å². The van der Waals surface area contributed by atoms with E-state index in [4.69, 9.17) is 0 Å². The first-order chi connectivity index (χ1) is 4.19. The number of alkyl halides is 4. The van der Waals surface area contributed by atoms with Crippen LogP contribution in [0.15, 0.2) is 0 Å². The fourth-order valence-corrected chi connectivity index (χ4v) is 3.86. The summed E-state index contributed by atoms with van der Waals surface area (Å²) in [6.45, 7) is 0. The first-order valence-corrected chi connectivity index (χ1v) is 8.54. The second kappa shape index (κ2) is 4.04. The lowest BCUT2D eigenvalue weighted by Crippen LogP contribution is -2.26. The quantitative estimate of drug-likeness (QED) is 0.442. The molecule has 0 radical (unpaired) electrons. The van der Waals surface area contributed by atoms with Crippen LogP contribution >= 0.6 is 78.5 Å². The smallest absolute Gasteiger partial charge is 0.215 e. The van der Waals surface area contributed by atoms with Crippen molar-refractivity contribution in [3.05, 3.63) is 0 Å². The normalized spacial score (nSPS) is 14.2. The minimum absolute atomic E-state index is 0.420. The van der Waals surface area contributed by atoms with Crippen molar-refractivity contribution in [2.75, 3.05) is 0 Å². The fourth-order valence-electron chi connectivity index (χ4n) is 0.106. The average molecular weight is 489 g/mol. The maximum absolute atomic E-state index is 10.9. The Morgan fingerprint density at radius 2 is 1.50 bits per heavy atom. The van der Waals surface area contributed by atoms with E-state index in [1.54, 1.807) is 0 Å². The molecule has 0 spiro atoms. The van der Waals surface area contributed by atoms with Crippen LogP contribution in [0.3, 0.4) is 0 Å². The zero-order valence-corrected chi connectivity index (χ0v) is 12.9. The third-order valence-corrected chi connectivity index (χ3v) is 13.5. The number of halogens is 5. The Morgan fingerprint density at radius 1 is 1.20 bits per heavy atom. The zero-order valence-electron chi connectivity index (χ0n) is 4.19. The highest BCUT2D eigenvalue weighted by Gasteiger charge is 2.42. The van der Waals surface area contributed by atoms with Crippen molar-refractivity contribution in [1.29, 1.82) is 0 Å². The van der Waals surface area contributed by atoms with Gasteiger partial charge in [0, 0.05) is 0 Å². The SMILES string of the molecule is O=S(=O)(Br)C(Br)(Br)C(Br)Br. The molecular formula is C2HBr5O2S. The third-order valence-electron chi connectivity index (χ3n) is 0.579. The Labute approximate surface area is 100 Å². The van der Waals surface area contributed by atoms with Crippen LogP contribution < -0.4 is 0 Å². The van der Waals surface area contributed by atoms with Crippen LogP contribution in [-0.4, -0.2) is 14.7 Å². The second-order valence-corrected chi connectivity index (χ2v) is 13.1. The molecule has 0 bridgehead atoms. The highest BCUT2D eigenvalue weighted by molar-refractivity contribution is 9.52. The number of rotatable bonds is 2. The van der Waals surface area contributed by atoms with Gasteiger partial charge in [0.1, 0.15) is 3.74 Å². The summed E-state index contributed by atoms with van der Waals surface area (Å²) in [6, 6.07) is 0. The maximum Gasteiger partial charge on any atom is 0.236 e. The Hall–Kier alpha value is 2.35. The molecule has 0 rings (SSSR count). The summed E-state index contributed by atoms with van der Waals surface area (Å²) in [5, 5.41) is 0. The fraction of sp³-hybridized carbons (Fsp3) is 1.00. The molecule has 0 atom stereocenters. The molecule has 10 heavy (non-hydrogen) atoms. The van der Waals surface area contributed by atoms with Gasteiger partial charge in [-0.05, 0) is 0 Å². The van der Waals surface area contributed by atoms with Crippen molar-refractivity contribution in [1.82, 2.24) is 0 Å². The number of hydrogen-bond donors (Lipinski definition) is 0.